The van der Waals surface area contributed by atoms with Gasteiger partial charge in [-0.15, -0.1) is 0 Å². The first-order valence-corrected chi connectivity index (χ1v) is 17.1. The number of fused-ring (bicyclic) bond motifs is 3. The van der Waals surface area contributed by atoms with Crippen LogP contribution in [0.25, 0.3) is 32.5 Å². The van der Waals surface area contributed by atoms with Crippen molar-refractivity contribution < 1.29 is 0 Å². The number of anilines is 1. The number of benzene rings is 5. The van der Waals surface area contributed by atoms with E-state index in [1.165, 1.54) is 16.3 Å². The van der Waals surface area contributed by atoms with Crippen LogP contribution >= 0.6 is 0 Å². The summed E-state index contributed by atoms with van der Waals surface area (Å²) in [6.45, 7) is 15.6. The van der Waals surface area contributed by atoms with Crippen molar-refractivity contribution in [2.45, 2.75) is 31.6 Å². The summed E-state index contributed by atoms with van der Waals surface area (Å²) in [5.74, 6) is 0.896. The average molecular weight is 650 g/mol. The molecule has 0 unspecified atom stereocenters. The van der Waals surface area contributed by atoms with Gasteiger partial charge < -0.3 is 9.80 Å². The summed E-state index contributed by atoms with van der Waals surface area (Å²) in [6.07, 6.45) is 6.09. The summed E-state index contributed by atoms with van der Waals surface area (Å²) in [5.41, 5.74) is 8.67. The van der Waals surface area contributed by atoms with Crippen LogP contribution in [0.2, 0.25) is 0 Å². The number of hydrogen-bond donors (Lipinski definition) is 0. The van der Waals surface area contributed by atoms with Crippen LogP contribution in [0.3, 0.4) is 0 Å². The quantitative estimate of drug-likeness (QED) is 0.133. The molecular weight excluding hydrogens is 611 g/mol. The van der Waals surface area contributed by atoms with Crippen LogP contribution in [-0.2, 0) is 10.8 Å². The van der Waals surface area contributed by atoms with Gasteiger partial charge in [-0.1, -0.05) is 118 Å². The molecule has 2 aromatic heterocycles. The van der Waals surface area contributed by atoms with Gasteiger partial charge >= 0.3 is 0 Å². The minimum atomic E-state index is -0.747. The maximum absolute atomic E-state index is 8.19. The van der Waals surface area contributed by atoms with Crippen LogP contribution in [0.15, 0.2) is 152 Å². The second-order valence-electron chi connectivity index (χ2n) is 14.2. The van der Waals surface area contributed by atoms with Gasteiger partial charge in [0.15, 0.2) is 5.69 Å². The molecular formula is C45H39N5. The maximum Gasteiger partial charge on any atom is 0.189 e. The molecule has 0 radical (unpaired) electrons. The highest BCUT2D eigenvalue weighted by Crippen LogP contribution is 2.48. The molecule has 0 spiro atoms. The van der Waals surface area contributed by atoms with Crippen LogP contribution < -0.4 is 4.90 Å². The van der Waals surface area contributed by atoms with Crippen LogP contribution in [-0.4, -0.2) is 28.2 Å². The highest BCUT2D eigenvalue weighted by molar-refractivity contribution is 6.09. The monoisotopic (exact) mass is 649 g/mol. The van der Waals surface area contributed by atoms with Gasteiger partial charge in [-0.05, 0) is 69.6 Å². The fourth-order valence-corrected chi connectivity index (χ4v) is 7.57. The second-order valence-corrected chi connectivity index (χ2v) is 14.2. The predicted octanol–water partition coefficient (Wildman–Crippen LogP) is 10.6. The second kappa shape index (κ2) is 12.1. The summed E-state index contributed by atoms with van der Waals surface area (Å²) < 4.78 is 2.32. The molecule has 50 heavy (non-hydrogen) atoms. The van der Waals surface area contributed by atoms with E-state index < -0.39 is 5.41 Å². The Balaban J connectivity index is 1.49. The normalized spacial score (nSPS) is 13.3. The van der Waals surface area contributed by atoms with E-state index >= 15 is 0 Å². The minimum Gasteiger partial charge on any atom is -0.361 e. The molecule has 0 atom stereocenters. The lowest BCUT2D eigenvalue weighted by molar-refractivity contribution is 0.495. The molecule has 7 aromatic rings. The van der Waals surface area contributed by atoms with Crippen molar-refractivity contribution in [2.75, 3.05) is 18.6 Å². The van der Waals surface area contributed by atoms with Gasteiger partial charge in [-0.25, -0.2) is 9.83 Å². The smallest absolute Gasteiger partial charge is 0.189 e. The van der Waals surface area contributed by atoms with Gasteiger partial charge in [0.2, 0.25) is 0 Å². The van der Waals surface area contributed by atoms with Gasteiger partial charge in [0.25, 0.3) is 0 Å². The Morgan fingerprint density at radius 1 is 0.620 bits per heavy atom. The van der Waals surface area contributed by atoms with Gasteiger partial charge in [-0.3, -0.25) is 4.57 Å². The molecule has 244 valence electrons. The Bertz CT molecular complexity index is 2390. The van der Waals surface area contributed by atoms with E-state index in [0.717, 1.165) is 51.5 Å². The molecule has 0 bridgehead atoms. The number of hydrogen-bond acceptors (Lipinski definition) is 3. The Labute approximate surface area is 294 Å². The molecule has 8 rings (SSSR count). The summed E-state index contributed by atoms with van der Waals surface area (Å²) in [6, 6.07) is 47.7. The number of rotatable bonds is 6. The molecule has 3 heterocycles. The SMILES string of the molecule is [C-]#[N+]c1cc(N2C=CN(C)C2)cc(C(c2ccccc2)(c2ccccc2)c2ccc3c4ccccc4n(-c4cc(C(C)(C)C)ccn4)c3c2)c1. The molecule has 0 N–H and O–H groups in total. The molecule has 5 aromatic carbocycles. The predicted molar refractivity (Wildman–Crippen MR) is 206 cm³/mol. The van der Waals surface area contributed by atoms with Crippen molar-refractivity contribution in [3.05, 3.63) is 191 Å². The fourth-order valence-electron chi connectivity index (χ4n) is 7.57. The Morgan fingerprint density at radius 2 is 1.30 bits per heavy atom. The zero-order chi connectivity index (χ0) is 34.5. The third-order valence-corrected chi connectivity index (χ3v) is 10.0. The average Bonchev–Trinajstić information content (AvgIpc) is 3.73. The summed E-state index contributed by atoms with van der Waals surface area (Å²) in [7, 11) is 2.06. The number of aromatic nitrogens is 2. The summed E-state index contributed by atoms with van der Waals surface area (Å²) in [4.78, 5) is 13.3. The van der Waals surface area contributed by atoms with Crippen LogP contribution in [0.4, 0.5) is 11.4 Å². The lowest BCUT2D eigenvalue weighted by Gasteiger charge is -2.38. The first-order valence-electron chi connectivity index (χ1n) is 17.1. The number of nitrogens with zero attached hydrogens (tertiary/aromatic N) is 5. The van der Waals surface area contributed by atoms with Gasteiger partial charge in [0, 0.05) is 42.1 Å². The first kappa shape index (κ1) is 31.2. The molecule has 1 aliphatic rings. The molecule has 0 fully saturated rings. The third kappa shape index (κ3) is 5.12. The zero-order valence-electron chi connectivity index (χ0n) is 28.9. The van der Waals surface area contributed by atoms with E-state index in [-0.39, 0.29) is 5.41 Å². The Hall–Kier alpha value is -6.12. The maximum atomic E-state index is 8.19. The molecule has 0 aliphatic carbocycles. The van der Waals surface area contributed by atoms with E-state index in [1.807, 2.05) is 12.3 Å². The van der Waals surface area contributed by atoms with Crippen LogP contribution in [0.5, 0.6) is 0 Å². The van der Waals surface area contributed by atoms with Crippen molar-refractivity contribution in [1.82, 2.24) is 14.5 Å². The summed E-state index contributed by atoms with van der Waals surface area (Å²) >= 11 is 0. The van der Waals surface area contributed by atoms with E-state index in [4.69, 9.17) is 11.6 Å². The first-order chi connectivity index (χ1) is 24.3. The van der Waals surface area contributed by atoms with E-state index in [2.05, 4.69) is 187 Å². The third-order valence-electron chi connectivity index (χ3n) is 10.0. The fraction of sp³-hybridized carbons (Fsp3) is 0.156. The van der Waals surface area contributed by atoms with Crippen LogP contribution in [0.1, 0.15) is 48.6 Å². The highest BCUT2D eigenvalue weighted by Gasteiger charge is 2.39. The Kier molecular flexibility index (Phi) is 7.53. The van der Waals surface area contributed by atoms with Crippen molar-refractivity contribution in [3.8, 4) is 5.82 Å². The lowest BCUT2D eigenvalue weighted by Crippen LogP contribution is -2.31. The van der Waals surface area contributed by atoms with Crippen LogP contribution in [0, 0.1) is 6.57 Å². The van der Waals surface area contributed by atoms with Gasteiger partial charge in [-0.2, -0.15) is 0 Å². The van der Waals surface area contributed by atoms with Gasteiger partial charge in [0.05, 0.1) is 29.7 Å². The van der Waals surface area contributed by atoms with Gasteiger partial charge in [0.1, 0.15) is 5.82 Å². The topological polar surface area (TPSA) is 28.7 Å². The standard InChI is InChI=1S/C45H39N5/c1-44(2,3)34-22-23-47-43(29-34)50-41-19-13-12-18-39(41)40-21-20-35(28-42(40)50)45(32-14-8-6-9-15-32,33-16-10-7-11-17-33)36-26-37(46-4)30-38(27-36)49-25-24-48(5)31-49/h6-30H,31H2,1-3,5H3. The lowest BCUT2D eigenvalue weighted by atomic mass is 9.65. The number of pyridine rings is 1. The molecule has 0 amide bonds. The zero-order valence-corrected chi connectivity index (χ0v) is 28.9. The largest absolute Gasteiger partial charge is 0.361 e. The van der Waals surface area contributed by atoms with Crippen molar-refractivity contribution in [1.29, 1.82) is 0 Å². The molecule has 5 nitrogen and oxygen atoms in total. The molecule has 0 saturated heterocycles. The van der Waals surface area contributed by atoms with Crippen molar-refractivity contribution >= 4 is 33.2 Å². The van der Waals surface area contributed by atoms with Crippen molar-refractivity contribution in [3.63, 3.8) is 0 Å². The summed E-state index contributed by atoms with van der Waals surface area (Å²) in [5, 5.41) is 2.35. The molecule has 5 heteroatoms. The number of para-hydroxylation sites is 1. The minimum absolute atomic E-state index is 0.0255. The van der Waals surface area contributed by atoms with E-state index in [9.17, 15) is 0 Å². The van der Waals surface area contributed by atoms with E-state index in [1.54, 1.807) is 0 Å². The Morgan fingerprint density at radius 3 is 1.96 bits per heavy atom. The molecule has 0 saturated carbocycles. The molecule has 1 aliphatic heterocycles. The van der Waals surface area contributed by atoms with E-state index in [0.29, 0.717) is 5.69 Å². The highest BCUT2D eigenvalue weighted by atomic mass is 15.3. The van der Waals surface area contributed by atoms with Crippen molar-refractivity contribution in [2.24, 2.45) is 0 Å².